The van der Waals surface area contributed by atoms with Crippen LogP contribution in [0.2, 0.25) is 0 Å². The van der Waals surface area contributed by atoms with E-state index in [9.17, 15) is 5.11 Å². The summed E-state index contributed by atoms with van der Waals surface area (Å²) in [6, 6.07) is 30.1. The molecule has 192 valence electrons. The normalized spacial score (nSPS) is 24.2. The lowest BCUT2D eigenvalue weighted by atomic mass is 9.90. The monoisotopic (exact) mass is 490 g/mol. The molecule has 0 amide bonds. The van der Waals surface area contributed by atoms with Crippen LogP contribution in [0.4, 0.5) is 0 Å². The van der Waals surface area contributed by atoms with Crippen molar-refractivity contribution in [1.29, 1.82) is 0 Å². The summed E-state index contributed by atoms with van der Waals surface area (Å²) in [5.74, 6) is 0.368. The van der Waals surface area contributed by atoms with Crippen LogP contribution in [-0.2, 0) is 38.8 Å². The average molecular weight is 491 g/mol. The van der Waals surface area contributed by atoms with E-state index in [1.54, 1.807) is 0 Å². The Morgan fingerprint density at radius 1 is 0.667 bits per heavy atom. The summed E-state index contributed by atoms with van der Waals surface area (Å²) in [6.45, 7) is 5.89. The van der Waals surface area contributed by atoms with Gasteiger partial charge in [-0.1, -0.05) is 105 Å². The smallest absolute Gasteiger partial charge is 0.115 e. The molecule has 1 N–H and O–H groups in total. The number of hydrogen-bond donors (Lipinski definition) is 1. The van der Waals surface area contributed by atoms with Gasteiger partial charge in [-0.25, -0.2) is 0 Å². The molecule has 0 spiro atoms. The Hall–Kier alpha value is -2.54. The molecular formula is C31H38O5. The van der Waals surface area contributed by atoms with Crippen molar-refractivity contribution in [3.63, 3.8) is 0 Å². The zero-order chi connectivity index (χ0) is 25.2. The Bertz CT molecular complexity index is 995. The van der Waals surface area contributed by atoms with Crippen LogP contribution in [-0.4, -0.2) is 42.2 Å². The summed E-state index contributed by atoms with van der Waals surface area (Å²) in [6.07, 6.45) is -1.83. The van der Waals surface area contributed by atoms with Crippen molar-refractivity contribution in [2.45, 2.75) is 70.6 Å². The molecule has 4 rings (SSSR count). The van der Waals surface area contributed by atoms with E-state index in [1.165, 1.54) is 0 Å². The number of aliphatic hydroxyl groups is 1. The summed E-state index contributed by atoms with van der Waals surface area (Å²) < 4.78 is 25.3. The van der Waals surface area contributed by atoms with Gasteiger partial charge in [-0.3, -0.25) is 0 Å². The van der Waals surface area contributed by atoms with Crippen LogP contribution >= 0.6 is 0 Å². The molecular weight excluding hydrogens is 452 g/mol. The van der Waals surface area contributed by atoms with Crippen molar-refractivity contribution in [3.8, 4) is 0 Å². The molecule has 0 radical (unpaired) electrons. The highest BCUT2D eigenvalue weighted by atomic mass is 16.6. The summed E-state index contributed by atoms with van der Waals surface area (Å²) in [5.41, 5.74) is 3.21. The first kappa shape index (κ1) is 26.5. The van der Waals surface area contributed by atoms with E-state index in [4.69, 9.17) is 18.9 Å². The number of hydrogen-bond acceptors (Lipinski definition) is 5. The molecule has 5 heteroatoms. The van der Waals surface area contributed by atoms with Gasteiger partial charge in [0.25, 0.3) is 0 Å². The molecule has 1 saturated heterocycles. The van der Waals surface area contributed by atoms with E-state index in [1.807, 2.05) is 91.0 Å². The van der Waals surface area contributed by atoms with Crippen LogP contribution in [0.3, 0.4) is 0 Å². The lowest BCUT2D eigenvalue weighted by Gasteiger charge is -2.45. The van der Waals surface area contributed by atoms with E-state index in [0.717, 1.165) is 23.1 Å². The van der Waals surface area contributed by atoms with Gasteiger partial charge in [0.05, 0.1) is 32.5 Å². The fourth-order valence-electron chi connectivity index (χ4n) is 4.59. The second-order valence-electron chi connectivity index (χ2n) is 9.86. The first-order chi connectivity index (χ1) is 17.6. The Kier molecular flexibility index (Phi) is 10.1. The van der Waals surface area contributed by atoms with Gasteiger partial charge in [0.2, 0.25) is 0 Å². The van der Waals surface area contributed by atoms with Gasteiger partial charge in [0.15, 0.2) is 0 Å². The van der Waals surface area contributed by atoms with Crippen LogP contribution in [0.25, 0.3) is 0 Å². The largest absolute Gasteiger partial charge is 0.388 e. The number of ether oxygens (including phenoxy) is 4. The minimum absolute atomic E-state index is 0.348. The van der Waals surface area contributed by atoms with E-state index in [2.05, 4.69) is 13.8 Å². The third-order valence-electron chi connectivity index (χ3n) is 6.43. The van der Waals surface area contributed by atoms with Gasteiger partial charge in [0.1, 0.15) is 24.4 Å². The van der Waals surface area contributed by atoms with Crippen molar-refractivity contribution >= 4 is 0 Å². The standard InChI is InChI=1S/C31H38O5/c1-23(2)18-27-29(32)31(35-21-26-16-10-5-11-17-26)30(34-20-25-14-8-4-9-15-25)28(36-27)22-33-19-24-12-6-3-7-13-24/h3-17,23,27-32H,18-22H2,1-2H3/t27-,28+,29-,30+,31+/m0/s1. The van der Waals surface area contributed by atoms with Crippen molar-refractivity contribution in [1.82, 2.24) is 0 Å². The molecule has 3 aromatic rings. The van der Waals surface area contributed by atoms with Crippen LogP contribution in [0.5, 0.6) is 0 Å². The Morgan fingerprint density at radius 3 is 1.64 bits per heavy atom. The SMILES string of the molecule is CC(C)C[C@@H]1O[C@H](COCc2ccccc2)[C@@H](OCc2ccccc2)[C@H](OCc2ccccc2)[C@H]1O. The maximum atomic E-state index is 11.4. The molecule has 3 aromatic carbocycles. The second-order valence-corrected chi connectivity index (χ2v) is 9.86. The highest BCUT2D eigenvalue weighted by Crippen LogP contribution is 2.31. The van der Waals surface area contributed by atoms with E-state index in [-0.39, 0.29) is 12.2 Å². The van der Waals surface area contributed by atoms with Gasteiger partial charge in [-0.05, 0) is 29.0 Å². The van der Waals surface area contributed by atoms with Crippen molar-refractivity contribution in [2.75, 3.05) is 6.61 Å². The number of aliphatic hydroxyl groups excluding tert-OH is 1. The van der Waals surface area contributed by atoms with Gasteiger partial charge >= 0.3 is 0 Å². The Labute approximate surface area is 215 Å². The minimum Gasteiger partial charge on any atom is -0.388 e. The van der Waals surface area contributed by atoms with Crippen LogP contribution in [0.15, 0.2) is 91.0 Å². The third-order valence-corrected chi connectivity index (χ3v) is 6.43. The summed E-state index contributed by atoms with van der Waals surface area (Å²) in [4.78, 5) is 0. The third kappa shape index (κ3) is 7.73. The zero-order valence-corrected chi connectivity index (χ0v) is 21.2. The molecule has 0 aromatic heterocycles. The molecule has 5 atom stereocenters. The maximum Gasteiger partial charge on any atom is 0.115 e. The van der Waals surface area contributed by atoms with Crippen molar-refractivity contribution < 1.29 is 24.1 Å². The first-order valence-electron chi connectivity index (χ1n) is 12.9. The molecule has 0 saturated carbocycles. The molecule has 1 heterocycles. The van der Waals surface area contributed by atoms with Gasteiger partial charge in [-0.2, -0.15) is 0 Å². The van der Waals surface area contributed by atoms with E-state index in [0.29, 0.717) is 32.3 Å². The summed E-state index contributed by atoms with van der Waals surface area (Å²) in [5, 5.41) is 11.4. The molecule has 5 nitrogen and oxygen atoms in total. The van der Waals surface area contributed by atoms with Crippen LogP contribution < -0.4 is 0 Å². The maximum absolute atomic E-state index is 11.4. The fourth-order valence-corrected chi connectivity index (χ4v) is 4.59. The summed E-state index contributed by atoms with van der Waals surface area (Å²) >= 11 is 0. The average Bonchev–Trinajstić information content (AvgIpc) is 2.90. The van der Waals surface area contributed by atoms with E-state index >= 15 is 0 Å². The lowest BCUT2D eigenvalue weighted by molar-refractivity contribution is -0.263. The van der Waals surface area contributed by atoms with Gasteiger partial charge < -0.3 is 24.1 Å². The van der Waals surface area contributed by atoms with Crippen molar-refractivity contribution in [2.24, 2.45) is 5.92 Å². The summed E-state index contributed by atoms with van der Waals surface area (Å²) in [7, 11) is 0. The van der Waals surface area contributed by atoms with E-state index < -0.39 is 18.3 Å². The number of rotatable bonds is 12. The highest BCUT2D eigenvalue weighted by Gasteiger charge is 2.46. The van der Waals surface area contributed by atoms with Gasteiger partial charge in [-0.15, -0.1) is 0 Å². The zero-order valence-electron chi connectivity index (χ0n) is 21.2. The minimum atomic E-state index is -0.803. The quantitative estimate of drug-likeness (QED) is 0.361. The first-order valence-corrected chi connectivity index (χ1v) is 12.9. The fraction of sp³-hybridized carbons (Fsp3) is 0.419. The molecule has 1 fully saturated rings. The van der Waals surface area contributed by atoms with Crippen molar-refractivity contribution in [3.05, 3.63) is 108 Å². The Balaban J connectivity index is 1.52. The topological polar surface area (TPSA) is 57.2 Å². The molecule has 0 aliphatic carbocycles. The predicted molar refractivity (Wildman–Crippen MR) is 140 cm³/mol. The molecule has 36 heavy (non-hydrogen) atoms. The molecule has 1 aliphatic rings. The molecule has 1 aliphatic heterocycles. The van der Waals surface area contributed by atoms with Crippen LogP contribution in [0, 0.1) is 5.92 Å². The lowest BCUT2D eigenvalue weighted by Crippen LogP contribution is -2.60. The highest BCUT2D eigenvalue weighted by molar-refractivity contribution is 5.15. The molecule has 0 unspecified atom stereocenters. The molecule has 0 bridgehead atoms. The Morgan fingerprint density at radius 2 is 1.14 bits per heavy atom. The van der Waals surface area contributed by atoms with Gasteiger partial charge in [0, 0.05) is 0 Å². The number of benzene rings is 3. The van der Waals surface area contributed by atoms with Crippen LogP contribution in [0.1, 0.15) is 37.0 Å². The second kappa shape index (κ2) is 13.7. The predicted octanol–water partition coefficient (Wildman–Crippen LogP) is 5.55.